The molecular formula is C21H33FIN3O4. The Morgan fingerprint density at radius 1 is 1.37 bits per heavy atom. The molecule has 30 heavy (non-hydrogen) atoms. The predicted octanol–water partition coefficient (Wildman–Crippen LogP) is 2.80. The molecule has 1 atom stereocenters. The molecular weight excluding hydrogens is 504 g/mol. The summed E-state index contributed by atoms with van der Waals surface area (Å²) in [5.41, 5.74) is 1.60. The van der Waals surface area contributed by atoms with Gasteiger partial charge in [0.05, 0.1) is 26.4 Å². The van der Waals surface area contributed by atoms with E-state index in [0.717, 1.165) is 55.5 Å². The Hall–Kier alpha value is -1.17. The first-order valence-electron chi connectivity index (χ1n) is 10.3. The third-order valence-electron chi connectivity index (χ3n) is 5.10. The number of fused-ring (bicyclic) bond motifs is 1. The van der Waals surface area contributed by atoms with Crippen molar-refractivity contribution in [3.63, 3.8) is 0 Å². The second kappa shape index (κ2) is 13.3. The smallest absolute Gasteiger partial charge is 0.193 e. The summed E-state index contributed by atoms with van der Waals surface area (Å²) in [6.07, 6.45) is 1.70. The van der Waals surface area contributed by atoms with Gasteiger partial charge in [0.25, 0.3) is 0 Å². The Morgan fingerprint density at radius 2 is 2.23 bits per heavy atom. The van der Waals surface area contributed by atoms with Crippen LogP contribution in [0, 0.1) is 11.7 Å². The first kappa shape index (κ1) is 25.1. The number of rotatable bonds is 9. The molecule has 2 aliphatic rings. The van der Waals surface area contributed by atoms with Crippen LogP contribution in [0.1, 0.15) is 24.5 Å². The zero-order valence-corrected chi connectivity index (χ0v) is 20.2. The number of halogens is 2. The number of guanidine groups is 1. The summed E-state index contributed by atoms with van der Waals surface area (Å²) in [6, 6.07) is 3.01. The summed E-state index contributed by atoms with van der Waals surface area (Å²) < 4.78 is 35.5. The maximum atomic E-state index is 13.9. The molecule has 0 aromatic heterocycles. The maximum Gasteiger partial charge on any atom is 0.193 e. The van der Waals surface area contributed by atoms with Gasteiger partial charge in [0.2, 0.25) is 0 Å². The van der Waals surface area contributed by atoms with E-state index < -0.39 is 0 Å². The van der Waals surface area contributed by atoms with E-state index in [4.69, 9.17) is 23.9 Å². The molecule has 0 radical (unpaired) electrons. The number of ether oxygens (including phenoxy) is 4. The van der Waals surface area contributed by atoms with Crippen LogP contribution in [0.25, 0.3) is 0 Å². The van der Waals surface area contributed by atoms with Gasteiger partial charge in [0, 0.05) is 44.8 Å². The van der Waals surface area contributed by atoms with Crippen LogP contribution in [-0.4, -0.2) is 70.8 Å². The molecule has 170 valence electrons. The minimum Gasteiger partial charge on any atom is -0.467 e. The van der Waals surface area contributed by atoms with Gasteiger partial charge in [0.1, 0.15) is 11.6 Å². The highest BCUT2D eigenvalue weighted by molar-refractivity contribution is 14.0. The second-order valence-corrected chi connectivity index (χ2v) is 7.32. The number of likely N-dealkylation sites (tertiary alicyclic amines) is 1. The van der Waals surface area contributed by atoms with Crippen molar-refractivity contribution in [2.45, 2.75) is 26.4 Å². The van der Waals surface area contributed by atoms with E-state index in [9.17, 15) is 4.39 Å². The fourth-order valence-corrected chi connectivity index (χ4v) is 3.70. The van der Waals surface area contributed by atoms with Crippen molar-refractivity contribution < 1.29 is 23.3 Å². The van der Waals surface area contributed by atoms with Gasteiger partial charge in [-0.25, -0.2) is 4.39 Å². The monoisotopic (exact) mass is 537 g/mol. The molecule has 1 aromatic carbocycles. The molecule has 1 fully saturated rings. The number of methoxy groups -OCH3 is 1. The fraction of sp³-hybridized carbons (Fsp3) is 0.667. The molecule has 1 saturated heterocycles. The zero-order chi connectivity index (χ0) is 20.5. The number of nitrogens with zero attached hydrogens (tertiary/aromatic N) is 2. The van der Waals surface area contributed by atoms with Gasteiger partial charge >= 0.3 is 0 Å². The SMILES string of the molecule is CCNC(=NCCc1cc(F)cc2c1OCOC2)N1CCC(COCCOC)C1.I. The average Bonchev–Trinajstić information content (AvgIpc) is 3.19. The molecule has 1 N–H and O–H groups in total. The van der Waals surface area contributed by atoms with E-state index in [2.05, 4.69) is 17.1 Å². The Kier molecular flexibility index (Phi) is 11.1. The minimum absolute atomic E-state index is 0. The lowest BCUT2D eigenvalue weighted by Gasteiger charge is -2.22. The summed E-state index contributed by atoms with van der Waals surface area (Å²) in [5, 5.41) is 3.37. The van der Waals surface area contributed by atoms with Crippen molar-refractivity contribution in [3.8, 4) is 5.75 Å². The predicted molar refractivity (Wildman–Crippen MR) is 124 cm³/mol. The van der Waals surface area contributed by atoms with Gasteiger partial charge in [-0.15, -0.1) is 24.0 Å². The standard InChI is InChI=1S/C21H32FN3O4.HI/c1-3-23-21(25-7-5-16(12-25)13-27-9-8-26-2)24-6-4-17-10-19(22)11-18-14-28-15-29-20(17)18;/h10-11,16H,3-9,12-15H2,1-2H3,(H,23,24);1H. The topological polar surface area (TPSA) is 64.6 Å². The number of hydrogen-bond donors (Lipinski definition) is 1. The Morgan fingerprint density at radius 3 is 3.03 bits per heavy atom. The summed E-state index contributed by atoms with van der Waals surface area (Å²) in [4.78, 5) is 7.05. The van der Waals surface area contributed by atoms with E-state index in [1.54, 1.807) is 7.11 Å². The van der Waals surface area contributed by atoms with Crippen LogP contribution < -0.4 is 10.1 Å². The largest absolute Gasteiger partial charge is 0.467 e. The molecule has 9 heteroatoms. The maximum absolute atomic E-state index is 13.9. The molecule has 2 heterocycles. The third-order valence-corrected chi connectivity index (χ3v) is 5.10. The molecule has 0 spiro atoms. The molecule has 3 rings (SSSR count). The molecule has 0 bridgehead atoms. The van der Waals surface area contributed by atoms with Crippen molar-refractivity contribution in [3.05, 3.63) is 29.1 Å². The fourth-order valence-electron chi connectivity index (χ4n) is 3.70. The second-order valence-electron chi connectivity index (χ2n) is 7.32. The Balaban J connectivity index is 0.00000320. The number of nitrogens with one attached hydrogen (secondary N) is 1. The summed E-state index contributed by atoms with van der Waals surface area (Å²) in [7, 11) is 1.68. The molecule has 0 saturated carbocycles. The van der Waals surface area contributed by atoms with Gasteiger partial charge in [-0.3, -0.25) is 4.99 Å². The third kappa shape index (κ3) is 7.21. The van der Waals surface area contributed by atoms with Gasteiger partial charge < -0.3 is 29.2 Å². The van der Waals surface area contributed by atoms with Crippen LogP contribution in [0.3, 0.4) is 0 Å². The van der Waals surface area contributed by atoms with E-state index in [1.165, 1.54) is 12.1 Å². The van der Waals surface area contributed by atoms with E-state index in [1.807, 2.05) is 0 Å². The number of hydrogen-bond acceptors (Lipinski definition) is 5. The molecule has 0 aliphatic carbocycles. The molecule has 0 amide bonds. The Labute approximate surface area is 195 Å². The van der Waals surface area contributed by atoms with Crippen molar-refractivity contribution in [2.75, 3.05) is 59.9 Å². The van der Waals surface area contributed by atoms with Crippen LogP contribution in [0.2, 0.25) is 0 Å². The highest BCUT2D eigenvalue weighted by Gasteiger charge is 2.25. The zero-order valence-electron chi connectivity index (χ0n) is 17.8. The van der Waals surface area contributed by atoms with Crippen molar-refractivity contribution >= 4 is 29.9 Å². The van der Waals surface area contributed by atoms with Crippen LogP contribution in [0.5, 0.6) is 5.75 Å². The highest BCUT2D eigenvalue weighted by atomic mass is 127. The summed E-state index contributed by atoms with van der Waals surface area (Å²) in [6.45, 7) is 7.91. The molecule has 1 aromatic rings. The van der Waals surface area contributed by atoms with Gasteiger partial charge in [-0.05, 0) is 37.5 Å². The number of aliphatic imine (C=N–C) groups is 1. The van der Waals surface area contributed by atoms with Gasteiger partial charge in [0.15, 0.2) is 12.8 Å². The normalized spacial score (nSPS) is 18.6. The first-order valence-corrected chi connectivity index (χ1v) is 10.3. The van der Waals surface area contributed by atoms with E-state index in [-0.39, 0.29) is 36.6 Å². The van der Waals surface area contributed by atoms with Crippen molar-refractivity contribution in [2.24, 2.45) is 10.9 Å². The highest BCUT2D eigenvalue weighted by Crippen LogP contribution is 2.29. The van der Waals surface area contributed by atoms with Crippen LogP contribution >= 0.6 is 24.0 Å². The van der Waals surface area contributed by atoms with Crippen LogP contribution in [-0.2, 0) is 27.2 Å². The molecule has 7 nitrogen and oxygen atoms in total. The van der Waals surface area contributed by atoms with Gasteiger partial charge in [-0.1, -0.05) is 0 Å². The first-order chi connectivity index (χ1) is 14.2. The lowest BCUT2D eigenvalue weighted by atomic mass is 10.1. The van der Waals surface area contributed by atoms with Crippen molar-refractivity contribution in [1.29, 1.82) is 0 Å². The van der Waals surface area contributed by atoms with Crippen LogP contribution in [0.4, 0.5) is 4.39 Å². The van der Waals surface area contributed by atoms with E-state index in [0.29, 0.717) is 38.7 Å². The Bertz CT molecular complexity index is 692. The van der Waals surface area contributed by atoms with Crippen molar-refractivity contribution in [1.82, 2.24) is 10.2 Å². The lowest BCUT2D eigenvalue weighted by molar-refractivity contribution is -0.0172. The lowest BCUT2D eigenvalue weighted by Crippen LogP contribution is -2.40. The average molecular weight is 537 g/mol. The van der Waals surface area contributed by atoms with Gasteiger partial charge in [-0.2, -0.15) is 0 Å². The van der Waals surface area contributed by atoms with E-state index >= 15 is 0 Å². The quantitative estimate of drug-likeness (QED) is 0.226. The molecule has 2 aliphatic heterocycles. The summed E-state index contributed by atoms with van der Waals surface area (Å²) in [5.74, 6) is 1.88. The number of benzene rings is 1. The minimum atomic E-state index is -0.264. The van der Waals surface area contributed by atoms with Crippen LogP contribution in [0.15, 0.2) is 17.1 Å². The summed E-state index contributed by atoms with van der Waals surface area (Å²) >= 11 is 0. The molecule has 1 unspecified atom stereocenters.